The van der Waals surface area contributed by atoms with Crippen LogP contribution < -0.4 is 14.5 Å². The standard InChI is InChI=1S/C58H40N2O2S.C56H37NOS/c1-38(2)58(61)62-48-34-25-40(26-35-48)39-19-28-45(29-20-39)59(47-32-23-42(24-33-47)49-15-10-16-52-51-14-7-9-18-56(51)63-57(49)52)46-30-21-41(22-31-46)43-27-36-55-53(37-43)50-13-6-8-17-54(50)60(55)44-11-4-3-5-12-44;1-2-37-17-19-38(20-18-37)39-21-23-40(24-22-39)41-25-31-44(32-26-41)57(45-33-27-42(28-34-45)47-11-7-13-51-49-9-3-5-15-53(49)58-55(47)51)46-35-29-43(30-36-46)48-12-8-14-52-50-10-4-6-16-54(50)59-56(48)52/h3-37H,1H2,2H3;2-36H,1H2. The van der Waals surface area contributed by atoms with Crippen molar-refractivity contribution < 1.29 is 13.9 Å². The minimum absolute atomic E-state index is 0.363. The van der Waals surface area contributed by atoms with Crippen molar-refractivity contribution in [2.24, 2.45) is 0 Å². The summed E-state index contributed by atoms with van der Waals surface area (Å²) in [5.74, 6) is 0.0579. The molecule has 22 aromatic rings. The number of anilines is 6. The smallest absolute Gasteiger partial charge is 0.338 e. The fraction of sp³-hybridized carbons (Fsp3) is 0.00877. The Kier molecular flexibility index (Phi) is 19.3. The summed E-state index contributed by atoms with van der Waals surface area (Å²) < 4.78 is 19.4. The van der Waals surface area contributed by atoms with Crippen molar-refractivity contribution in [1.82, 2.24) is 4.57 Å². The van der Waals surface area contributed by atoms with Gasteiger partial charge < -0.3 is 23.5 Å². The lowest BCUT2D eigenvalue weighted by atomic mass is 9.99. The summed E-state index contributed by atoms with van der Waals surface area (Å²) in [5.41, 5.74) is 29.4. The van der Waals surface area contributed by atoms with Gasteiger partial charge >= 0.3 is 5.97 Å². The van der Waals surface area contributed by atoms with E-state index in [1.165, 1.54) is 112 Å². The molecule has 0 N–H and O–H groups in total. The molecule has 0 aliphatic rings. The number of carbonyl (C=O) groups is 1. The van der Waals surface area contributed by atoms with Gasteiger partial charge in [0, 0.05) is 113 Å². The number of rotatable bonds is 17. The average molecular weight is 1600 g/mol. The average Bonchev–Trinajstić information content (AvgIpc) is 1.59. The van der Waals surface area contributed by atoms with E-state index in [0.29, 0.717) is 11.3 Å². The van der Waals surface area contributed by atoms with Crippen LogP contribution in [0.1, 0.15) is 12.5 Å². The van der Waals surface area contributed by atoms with Crippen LogP contribution >= 0.6 is 22.7 Å². The Hall–Kier alpha value is -15.5. The molecule has 8 heteroatoms. The van der Waals surface area contributed by atoms with Crippen molar-refractivity contribution in [3.8, 4) is 89.3 Å². The zero-order chi connectivity index (χ0) is 81.7. The highest BCUT2D eigenvalue weighted by Crippen LogP contribution is 2.47. The largest absolute Gasteiger partial charge is 0.455 e. The van der Waals surface area contributed by atoms with Crippen molar-refractivity contribution in [2.45, 2.75) is 6.92 Å². The van der Waals surface area contributed by atoms with Gasteiger partial charge in [0.05, 0.1) is 11.0 Å². The molecule has 18 aromatic carbocycles. The van der Waals surface area contributed by atoms with Crippen molar-refractivity contribution in [3.63, 3.8) is 0 Å². The summed E-state index contributed by atoms with van der Waals surface area (Å²) >= 11 is 3.72. The number of ether oxygens (including phenoxy) is 1. The monoisotopic (exact) mass is 1600 g/mol. The minimum atomic E-state index is -0.432. The number of fused-ring (bicyclic) bond motifs is 12. The lowest BCUT2D eigenvalue weighted by Gasteiger charge is -2.26. The second-order valence-electron chi connectivity index (χ2n) is 30.8. The highest BCUT2D eigenvalue weighted by Gasteiger charge is 2.22. The maximum Gasteiger partial charge on any atom is 0.338 e. The molecule has 0 atom stereocenters. The van der Waals surface area contributed by atoms with Crippen LogP contribution in [0.3, 0.4) is 0 Å². The molecule has 6 nitrogen and oxygen atoms in total. The zero-order valence-electron chi connectivity index (χ0n) is 66.7. The van der Waals surface area contributed by atoms with Gasteiger partial charge in [-0.25, -0.2) is 4.79 Å². The van der Waals surface area contributed by atoms with E-state index in [4.69, 9.17) is 9.15 Å². The summed E-state index contributed by atoms with van der Waals surface area (Å²) in [6.07, 6.45) is 1.88. The number of carbonyl (C=O) groups excluding carboxylic acids is 1. The van der Waals surface area contributed by atoms with Crippen LogP contribution in [0.4, 0.5) is 34.1 Å². The highest BCUT2D eigenvalue weighted by molar-refractivity contribution is 7.26. The van der Waals surface area contributed by atoms with Gasteiger partial charge in [0.1, 0.15) is 16.9 Å². The molecular formula is C114H77N3O3S2. The lowest BCUT2D eigenvalue weighted by molar-refractivity contribution is -0.130. The number of furan rings is 1. The van der Waals surface area contributed by atoms with Gasteiger partial charge in [0.25, 0.3) is 0 Å². The number of para-hydroxylation sites is 4. The molecule has 0 aliphatic carbocycles. The molecule has 0 radical (unpaired) electrons. The van der Waals surface area contributed by atoms with Crippen LogP contribution in [0.15, 0.2) is 442 Å². The van der Waals surface area contributed by atoms with Crippen molar-refractivity contribution in [3.05, 3.63) is 443 Å². The molecule has 0 fully saturated rings. The molecule has 0 saturated heterocycles. The number of aromatic nitrogens is 1. The Bertz CT molecular complexity index is 7560. The first-order chi connectivity index (χ1) is 60.1. The highest BCUT2D eigenvalue weighted by atomic mass is 32.1. The van der Waals surface area contributed by atoms with E-state index < -0.39 is 5.97 Å². The molecule has 0 amide bonds. The number of thiophene rings is 2. The van der Waals surface area contributed by atoms with Crippen LogP contribution in [0, 0.1) is 0 Å². The molecule has 22 rings (SSSR count). The summed E-state index contributed by atoms with van der Waals surface area (Å²) in [4.78, 5) is 16.7. The Labute approximate surface area is 715 Å². The van der Waals surface area contributed by atoms with Gasteiger partial charge in [-0.15, -0.1) is 22.7 Å². The molecule has 0 spiro atoms. The number of hydrogen-bond acceptors (Lipinski definition) is 7. The Morgan fingerprint density at radius 1 is 0.320 bits per heavy atom. The predicted molar refractivity (Wildman–Crippen MR) is 518 cm³/mol. The van der Waals surface area contributed by atoms with Crippen LogP contribution in [0.25, 0.3) is 174 Å². The maximum absolute atomic E-state index is 12.1. The van der Waals surface area contributed by atoms with Crippen molar-refractivity contribution in [1.29, 1.82) is 0 Å². The first-order valence-electron chi connectivity index (χ1n) is 41.0. The van der Waals surface area contributed by atoms with E-state index in [-0.39, 0.29) is 0 Å². The molecule has 4 aromatic heterocycles. The Morgan fingerprint density at radius 2 is 0.672 bits per heavy atom. The van der Waals surface area contributed by atoms with Gasteiger partial charge in [-0.1, -0.05) is 304 Å². The third-order valence-electron chi connectivity index (χ3n) is 23.4. The number of benzene rings is 18. The van der Waals surface area contributed by atoms with Gasteiger partial charge in [-0.05, 0) is 218 Å². The van der Waals surface area contributed by atoms with Crippen molar-refractivity contribution >= 4 is 153 Å². The van der Waals surface area contributed by atoms with E-state index in [0.717, 1.165) is 95.1 Å². The molecular weight excluding hydrogens is 1520 g/mol. The van der Waals surface area contributed by atoms with Crippen molar-refractivity contribution in [2.75, 3.05) is 9.80 Å². The predicted octanol–water partition coefficient (Wildman–Crippen LogP) is 32.8. The summed E-state index contributed by atoms with van der Waals surface area (Å²) in [6, 6.07) is 150. The maximum atomic E-state index is 12.1. The zero-order valence-corrected chi connectivity index (χ0v) is 68.3. The molecule has 0 bridgehead atoms. The van der Waals surface area contributed by atoms with Crippen LogP contribution in [0.2, 0.25) is 0 Å². The fourth-order valence-corrected chi connectivity index (χ4v) is 19.7. The number of hydrogen-bond donors (Lipinski definition) is 0. The van der Waals surface area contributed by atoms with Crippen LogP contribution in [-0.2, 0) is 4.79 Å². The number of esters is 1. The van der Waals surface area contributed by atoms with E-state index >= 15 is 0 Å². The number of nitrogens with zero attached hydrogens (tertiary/aromatic N) is 3. The first-order valence-corrected chi connectivity index (χ1v) is 42.6. The van der Waals surface area contributed by atoms with E-state index in [1.54, 1.807) is 6.92 Å². The minimum Gasteiger partial charge on any atom is -0.455 e. The third kappa shape index (κ3) is 13.9. The van der Waals surface area contributed by atoms with E-state index in [2.05, 4.69) is 410 Å². The molecule has 0 unspecified atom stereocenters. The summed E-state index contributed by atoms with van der Waals surface area (Å²) in [5, 5.41) is 9.95. The van der Waals surface area contributed by atoms with Gasteiger partial charge in [0.2, 0.25) is 0 Å². The molecule has 122 heavy (non-hydrogen) atoms. The quantitative estimate of drug-likeness (QED) is 0.0517. The molecule has 0 aliphatic heterocycles. The van der Waals surface area contributed by atoms with Gasteiger partial charge in [-0.2, -0.15) is 0 Å². The van der Waals surface area contributed by atoms with Crippen LogP contribution in [-0.4, -0.2) is 10.5 Å². The normalized spacial score (nSPS) is 11.4. The van der Waals surface area contributed by atoms with Crippen LogP contribution in [0.5, 0.6) is 5.75 Å². The molecule has 578 valence electrons. The molecule has 0 saturated carbocycles. The summed E-state index contributed by atoms with van der Waals surface area (Å²) in [7, 11) is 0. The summed E-state index contributed by atoms with van der Waals surface area (Å²) in [6.45, 7) is 9.21. The van der Waals surface area contributed by atoms with Gasteiger partial charge in [0.15, 0.2) is 0 Å². The Balaban J connectivity index is 0.000000151. The lowest BCUT2D eigenvalue weighted by Crippen LogP contribution is -2.09. The fourth-order valence-electron chi connectivity index (χ4n) is 17.2. The second kappa shape index (κ2) is 31.8. The van der Waals surface area contributed by atoms with Gasteiger partial charge in [-0.3, -0.25) is 0 Å². The van der Waals surface area contributed by atoms with E-state index in [1.807, 2.05) is 65.1 Å². The SMILES string of the molecule is C=C(C)C(=O)Oc1ccc(-c2ccc(N(c3ccc(-c4ccc5c(c4)c4ccccc4n5-c4ccccc4)cc3)c3ccc(-c4cccc5c4sc4ccccc45)cc3)cc2)cc1.C=Cc1ccc(-c2ccc(-c3ccc(N(c4ccc(-c5cccc6c5oc5ccccc56)cc4)c4ccc(-c5cccc6c5sc5ccccc56)cc4)cc3)cc2)cc1. The third-order valence-corrected chi connectivity index (χ3v) is 25.8. The topological polar surface area (TPSA) is 50.9 Å². The van der Waals surface area contributed by atoms with E-state index in [9.17, 15) is 4.79 Å². The second-order valence-corrected chi connectivity index (χ2v) is 32.9. The molecule has 4 heterocycles. The first kappa shape index (κ1) is 74.1. The Morgan fingerprint density at radius 3 is 1.15 bits per heavy atom.